The molecule has 0 amide bonds. The minimum atomic E-state index is -0.873. The lowest BCUT2D eigenvalue weighted by Crippen LogP contribution is -2.44. The first kappa shape index (κ1) is 15.3. The van der Waals surface area contributed by atoms with Crippen molar-refractivity contribution >= 4 is 5.97 Å². The number of furan rings is 1. The van der Waals surface area contributed by atoms with E-state index in [4.69, 9.17) is 23.2 Å². The summed E-state index contributed by atoms with van der Waals surface area (Å²) in [5.41, 5.74) is 0. The Hall–Kier alpha value is -3.29. The van der Waals surface area contributed by atoms with Crippen LogP contribution in [0.1, 0.15) is 12.8 Å². The predicted molar refractivity (Wildman–Crippen MR) is 82.7 cm³/mol. The average Bonchev–Trinajstić information content (AvgIpc) is 3.30. The van der Waals surface area contributed by atoms with E-state index in [-0.39, 0.29) is 18.3 Å². The molecule has 25 heavy (non-hydrogen) atoms. The summed E-state index contributed by atoms with van der Waals surface area (Å²) in [6.07, 6.45) is 0.150. The van der Waals surface area contributed by atoms with Crippen LogP contribution in [0.4, 0.5) is 0 Å². The van der Waals surface area contributed by atoms with Crippen LogP contribution in [-0.2, 0) is 16.1 Å². The van der Waals surface area contributed by atoms with Gasteiger partial charge in [0, 0.05) is 0 Å². The third-order valence-corrected chi connectivity index (χ3v) is 3.62. The van der Waals surface area contributed by atoms with Crippen LogP contribution in [0, 0.1) is 0 Å². The van der Waals surface area contributed by atoms with Crippen molar-refractivity contribution in [1.29, 1.82) is 0 Å². The monoisotopic (exact) mass is 342 g/mol. The highest BCUT2D eigenvalue weighted by atomic mass is 16.6. The molecule has 0 aliphatic carbocycles. The first-order chi connectivity index (χ1) is 12.2. The van der Waals surface area contributed by atoms with E-state index in [1.807, 2.05) is 6.07 Å². The number of carbonyl (C=O) groups excluding carboxylic acids is 1. The molecule has 0 saturated heterocycles. The lowest BCUT2D eigenvalue weighted by atomic mass is 10.2. The van der Waals surface area contributed by atoms with Gasteiger partial charge < -0.3 is 23.2 Å². The van der Waals surface area contributed by atoms with E-state index in [0.29, 0.717) is 17.3 Å². The van der Waals surface area contributed by atoms with E-state index in [2.05, 4.69) is 10.1 Å². The van der Waals surface area contributed by atoms with Crippen molar-refractivity contribution in [3.63, 3.8) is 0 Å². The van der Waals surface area contributed by atoms with E-state index in [0.717, 1.165) is 0 Å². The van der Waals surface area contributed by atoms with Gasteiger partial charge in [0.25, 0.3) is 5.89 Å². The lowest BCUT2D eigenvalue weighted by Gasteiger charge is -2.30. The third-order valence-electron chi connectivity index (χ3n) is 3.62. The van der Waals surface area contributed by atoms with Gasteiger partial charge in [0.2, 0.25) is 11.9 Å². The fraction of sp³-hybridized carbons (Fsp3) is 0.235. The molecular formula is C17H14N2O6. The predicted octanol–water partition coefficient (Wildman–Crippen LogP) is 2.60. The molecule has 3 aromatic rings. The zero-order valence-corrected chi connectivity index (χ0v) is 13.2. The molecule has 0 bridgehead atoms. The molecule has 1 aliphatic rings. The Kier molecular flexibility index (Phi) is 3.85. The van der Waals surface area contributed by atoms with Crippen molar-refractivity contribution in [3.05, 3.63) is 48.6 Å². The Labute approximate surface area is 142 Å². The number of ether oxygens (including phenoxy) is 3. The lowest BCUT2D eigenvalue weighted by molar-refractivity contribution is -0.159. The number of rotatable bonds is 4. The van der Waals surface area contributed by atoms with E-state index >= 15 is 0 Å². The van der Waals surface area contributed by atoms with Gasteiger partial charge in [0.1, 0.15) is 6.10 Å². The molecule has 8 heteroatoms. The van der Waals surface area contributed by atoms with Gasteiger partial charge in [0.05, 0.1) is 6.26 Å². The van der Waals surface area contributed by atoms with E-state index in [1.54, 1.807) is 37.3 Å². The van der Waals surface area contributed by atoms with Gasteiger partial charge in [-0.2, -0.15) is 4.98 Å². The highest BCUT2D eigenvalue weighted by Gasteiger charge is 2.35. The molecule has 8 nitrogen and oxygen atoms in total. The molecule has 4 rings (SSSR count). The summed E-state index contributed by atoms with van der Waals surface area (Å²) in [6, 6.07) is 10.6. The molecule has 0 N–H and O–H groups in total. The number of para-hydroxylation sites is 2. The topological polar surface area (TPSA) is 96.8 Å². The zero-order chi connectivity index (χ0) is 17.2. The maximum absolute atomic E-state index is 12.3. The molecule has 0 saturated carbocycles. The van der Waals surface area contributed by atoms with Crippen LogP contribution in [0.2, 0.25) is 0 Å². The zero-order valence-electron chi connectivity index (χ0n) is 13.2. The minimum Gasteiger partial charge on any atom is -0.482 e. The van der Waals surface area contributed by atoms with Crippen molar-refractivity contribution < 1.29 is 27.9 Å². The van der Waals surface area contributed by atoms with Crippen molar-refractivity contribution in [2.75, 3.05) is 0 Å². The largest absolute Gasteiger partial charge is 0.482 e. The van der Waals surface area contributed by atoms with Crippen molar-refractivity contribution in [2.45, 2.75) is 25.7 Å². The number of hydrogen-bond donors (Lipinski definition) is 0. The molecule has 0 spiro atoms. The number of esters is 1. The average molecular weight is 342 g/mol. The van der Waals surface area contributed by atoms with Gasteiger partial charge in [-0.1, -0.05) is 17.3 Å². The second kappa shape index (κ2) is 6.31. The highest BCUT2D eigenvalue weighted by molar-refractivity contribution is 5.76. The quantitative estimate of drug-likeness (QED) is 0.668. The number of fused-ring (bicyclic) bond motifs is 1. The van der Waals surface area contributed by atoms with Crippen LogP contribution in [0.5, 0.6) is 11.5 Å². The first-order valence-electron chi connectivity index (χ1n) is 7.66. The van der Waals surface area contributed by atoms with Gasteiger partial charge in [-0.3, -0.25) is 0 Å². The fourth-order valence-corrected chi connectivity index (χ4v) is 2.41. The molecule has 2 aromatic heterocycles. The summed E-state index contributed by atoms with van der Waals surface area (Å²) in [5.74, 6) is 1.44. The maximum atomic E-state index is 12.3. The van der Waals surface area contributed by atoms with Gasteiger partial charge in [-0.05, 0) is 31.2 Å². The Bertz CT molecular complexity index is 873. The third kappa shape index (κ3) is 3.06. The number of benzene rings is 1. The minimum absolute atomic E-state index is 0.157. The summed E-state index contributed by atoms with van der Waals surface area (Å²) in [4.78, 5) is 16.4. The number of hydrogen-bond acceptors (Lipinski definition) is 8. The Balaban J connectivity index is 1.39. The molecule has 0 fully saturated rings. The van der Waals surface area contributed by atoms with Gasteiger partial charge in [-0.15, -0.1) is 0 Å². The molecule has 1 aromatic carbocycles. The molecule has 1 aliphatic heterocycles. The van der Waals surface area contributed by atoms with Crippen LogP contribution < -0.4 is 9.47 Å². The van der Waals surface area contributed by atoms with Crippen molar-refractivity contribution in [3.8, 4) is 23.1 Å². The van der Waals surface area contributed by atoms with Crippen molar-refractivity contribution in [2.24, 2.45) is 0 Å². The Morgan fingerprint density at radius 2 is 1.96 bits per heavy atom. The Morgan fingerprint density at radius 1 is 1.16 bits per heavy atom. The molecule has 3 heterocycles. The maximum Gasteiger partial charge on any atom is 0.351 e. The molecule has 0 unspecified atom stereocenters. The molecule has 128 valence electrons. The SMILES string of the molecule is C[C@@H]1Oc2ccccc2O[C@H]1C(=O)OCc1nc(-c2ccco2)no1. The summed E-state index contributed by atoms with van der Waals surface area (Å²) in [7, 11) is 0. The molecular weight excluding hydrogens is 328 g/mol. The second-order valence-electron chi connectivity index (χ2n) is 5.40. The Morgan fingerprint density at radius 3 is 2.72 bits per heavy atom. The van der Waals surface area contributed by atoms with Crippen molar-refractivity contribution in [1.82, 2.24) is 10.1 Å². The number of nitrogens with zero attached hydrogens (tertiary/aromatic N) is 2. The van der Waals surface area contributed by atoms with E-state index in [1.165, 1.54) is 6.26 Å². The van der Waals surface area contributed by atoms with Crippen LogP contribution in [0.15, 0.2) is 51.6 Å². The van der Waals surface area contributed by atoms with Crippen LogP contribution in [0.25, 0.3) is 11.6 Å². The molecule has 0 radical (unpaired) electrons. The fourth-order valence-electron chi connectivity index (χ4n) is 2.41. The van der Waals surface area contributed by atoms with Gasteiger partial charge in [-0.25, -0.2) is 4.79 Å². The van der Waals surface area contributed by atoms with E-state index in [9.17, 15) is 4.79 Å². The highest BCUT2D eigenvalue weighted by Crippen LogP contribution is 2.33. The van der Waals surface area contributed by atoms with Crippen LogP contribution in [0.3, 0.4) is 0 Å². The summed E-state index contributed by atoms with van der Waals surface area (Å²) >= 11 is 0. The summed E-state index contributed by atoms with van der Waals surface area (Å²) in [5, 5.41) is 3.77. The standard InChI is InChI=1S/C17H14N2O6/c1-10-15(24-12-6-3-2-5-11(12)23-10)17(20)22-9-14-18-16(19-25-14)13-7-4-8-21-13/h2-8,10,15H,9H2,1H3/t10-,15+/m0/s1. The van der Waals surface area contributed by atoms with Crippen LogP contribution in [-0.4, -0.2) is 28.3 Å². The number of carbonyl (C=O) groups is 1. The van der Waals surface area contributed by atoms with Gasteiger partial charge in [0.15, 0.2) is 23.9 Å². The number of aromatic nitrogens is 2. The second-order valence-corrected chi connectivity index (χ2v) is 5.40. The summed E-state index contributed by atoms with van der Waals surface area (Å²) in [6.45, 7) is 1.57. The summed E-state index contributed by atoms with van der Waals surface area (Å²) < 4.78 is 26.8. The molecule has 2 atom stereocenters. The van der Waals surface area contributed by atoms with Gasteiger partial charge >= 0.3 is 5.97 Å². The smallest absolute Gasteiger partial charge is 0.351 e. The first-order valence-corrected chi connectivity index (χ1v) is 7.66. The normalized spacial score (nSPS) is 18.8. The van der Waals surface area contributed by atoms with E-state index < -0.39 is 18.2 Å². The van der Waals surface area contributed by atoms with Crippen LogP contribution >= 0.6 is 0 Å².